The summed E-state index contributed by atoms with van der Waals surface area (Å²) in [7, 11) is 0. The maximum Gasteiger partial charge on any atom is 0.416 e. The SMILES string of the molecule is Cc1nn(Cc2ccc(-c3cc4ccc(C(F)(F)F)cc4[nH]3)cc2F)c(C)c1CC(=O)O. The molecule has 166 valence electrons. The normalized spacial score (nSPS) is 11.9. The maximum absolute atomic E-state index is 14.8. The van der Waals surface area contributed by atoms with Crippen molar-refractivity contribution in [3.8, 4) is 11.3 Å². The van der Waals surface area contributed by atoms with Gasteiger partial charge < -0.3 is 10.1 Å². The van der Waals surface area contributed by atoms with E-state index < -0.39 is 23.5 Å². The Balaban J connectivity index is 1.62. The highest BCUT2D eigenvalue weighted by atomic mass is 19.4. The highest BCUT2D eigenvalue weighted by Gasteiger charge is 2.30. The van der Waals surface area contributed by atoms with Gasteiger partial charge in [-0.15, -0.1) is 0 Å². The van der Waals surface area contributed by atoms with Crippen LogP contribution in [0.2, 0.25) is 0 Å². The number of H-pyrrole nitrogens is 1. The fourth-order valence-electron chi connectivity index (χ4n) is 3.76. The van der Waals surface area contributed by atoms with Crippen molar-refractivity contribution in [2.24, 2.45) is 0 Å². The molecule has 0 unspecified atom stereocenters. The number of halogens is 4. The van der Waals surface area contributed by atoms with Gasteiger partial charge in [0, 0.05) is 39.0 Å². The Kier molecular flexibility index (Phi) is 5.28. The van der Waals surface area contributed by atoms with Crippen molar-refractivity contribution in [2.75, 3.05) is 0 Å². The second kappa shape index (κ2) is 7.81. The Morgan fingerprint density at radius 3 is 2.53 bits per heavy atom. The number of carboxylic acids is 1. The molecule has 4 aromatic rings. The average Bonchev–Trinajstić information content (AvgIpc) is 3.24. The number of carboxylic acid groups (broad SMARTS) is 1. The van der Waals surface area contributed by atoms with Crippen LogP contribution >= 0.6 is 0 Å². The molecule has 0 aliphatic rings. The van der Waals surface area contributed by atoms with Crippen molar-refractivity contribution >= 4 is 16.9 Å². The molecule has 0 atom stereocenters. The van der Waals surface area contributed by atoms with Gasteiger partial charge in [-0.2, -0.15) is 18.3 Å². The van der Waals surface area contributed by atoms with Crippen molar-refractivity contribution in [1.82, 2.24) is 14.8 Å². The highest BCUT2D eigenvalue weighted by molar-refractivity contribution is 5.86. The summed E-state index contributed by atoms with van der Waals surface area (Å²) in [6, 6.07) is 9.66. The minimum absolute atomic E-state index is 0.125. The molecular weight excluding hydrogens is 426 g/mol. The summed E-state index contributed by atoms with van der Waals surface area (Å²) in [6.45, 7) is 3.58. The second-order valence-electron chi connectivity index (χ2n) is 7.67. The predicted octanol–water partition coefficient (Wildman–Crippen LogP) is 5.48. The molecule has 2 aromatic carbocycles. The van der Waals surface area contributed by atoms with E-state index in [1.807, 2.05) is 0 Å². The highest BCUT2D eigenvalue weighted by Crippen LogP contribution is 2.33. The van der Waals surface area contributed by atoms with Gasteiger partial charge in [-0.3, -0.25) is 9.48 Å². The van der Waals surface area contributed by atoms with E-state index in [9.17, 15) is 22.4 Å². The minimum Gasteiger partial charge on any atom is -0.481 e. The van der Waals surface area contributed by atoms with Crippen molar-refractivity contribution in [2.45, 2.75) is 33.0 Å². The molecule has 9 heteroatoms. The molecule has 0 aliphatic carbocycles. The first-order valence-corrected chi connectivity index (χ1v) is 9.76. The predicted molar refractivity (Wildman–Crippen MR) is 111 cm³/mol. The fourth-order valence-corrected chi connectivity index (χ4v) is 3.76. The number of aromatic amines is 1. The van der Waals surface area contributed by atoms with Crippen LogP contribution in [0.25, 0.3) is 22.2 Å². The van der Waals surface area contributed by atoms with E-state index in [1.165, 1.54) is 12.1 Å². The number of nitrogens with zero attached hydrogens (tertiary/aromatic N) is 2. The van der Waals surface area contributed by atoms with Gasteiger partial charge >= 0.3 is 12.1 Å². The van der Waals surface area contributed by atoms with Gasteiger partial charge in [0.25, 0.3) is 0 Å². The van der Waals surface area contributed by atoms with E-state index in [4.69, 9.17) is 5.11 Å². The minimum atomic E-state index is -4.44. The standard InChI is InChI=1S/C23H19F4N3O2/c1-12-18(10-22(31)32)13(2)30(29-12)11-16-4-3-14(7-19(16)24)20-8-15-5-6-17(23(25,26)27)9-21(15)28-20/h3-9,28H,10-11H2,1-2H3,(H,31,32). The number of nitrogens with one attached hydrogen (secondary N) is 1. The van der Waals surface area contributed by atoms with Crippen LogP contribution in [0, 0.1) is 19.7 Å². The number of rotatable bonds is 5. The number of benzene rings is 2. The van der Waals surface area contributed by atoms with Crippen LogP contribution < -0.4 is 0 Å². The fraction of sp³-hybridized carbons (Fsp3) is 0.217. The number of aromatic nitrogens is 3. The van der Waals surface area contributed by atoms with E-state index in [0.29, 0.717) is 44.7 Å². The first-order valence-electron chi connectivity index (χ1n) is 9.76. The van der Waals surface area contributed by atoms with E-state index in [1.54, 1.807) is 36.7 Å². The maximum atomic E-state index is 14.8. The first-order chi connectivity index (χ1) is 15.0. The lowest BCUT2D eigenvalue weighted by atomic mass is 10.1. The molecular formula is C23H19F4N3O2. The smallest absolute Gasteiger partial charge is 0.416 e. The summed E-state index contributed by atoms with van der Waals surface area (Å²) < 4.78 is 55.2. The van der Waals surface area contributed by atoms with Crippen LogP contribution in [0.3, 0.4) is 0 Å². The van der Waals surface area contributed by atoms with Crippen LogP contribution in [0.4, 0.5) is 17.6 Å². The lowest BCUT2D eigenvalue weighted by Crippen LogP contribution is -2.07. The number of carbonyl (C=O) groups is 1. The summed E-state index contributed by atoms with van der Waals surface area (Å²) in [5.74, 6) is -1.46. The lowest BCUT2D eigenvalue weighted by Gasteiger charge is -2.08. The molecule has 4 rings (SSSR count). The zero-order valence-corrected chi connectivity index (χ0v) is 17.2. The number of hydrogen-bond donors (Lipinski definition) is 2. The van der Waals surface area contributed by atoms with Gasteiger partial charge in [-0.1, -0.05) is 18.2 Å². The topological polar surface area (TPSA) is 70.9 Å². The number of aliphatic carboxylic acids is 1. The second-order valence-corrected chi connectivity index (χ2v) is 7.67. The van der Waals surface area contributed by atoms with Crippen LogP contribution in [-0.4, -0.2) is 25.8 Å². The number of alkyl halides is 3. The van der Waals surface area contributed by atoms with Gasteiger partial charge in [0.1, 0.15) is 5.82 Å². The van der Waals surface area contributed by atoms with Gasteiger partial charge in [0.2, 0.25) is 0 Å². The molecule has 0 radical (unpaired) electrons. The summed E-state index contributed by atoms with van der Waals surface area (Å²) in [5, 5.41) is 14.0. The largest absolute Gasteiger partial charge is 0.481 e. The summed E-state index contributed by atoms with van der Waals surface area (Å²) in [5.41, 5.74) is 2.75. The van der Waals surface area contributed by atoms with Crippen molar-refractivity contribution in [3.05, 3.63) is 76.4 Å². The molecule has 0 saturated carbocycles. The van der Waals surface area contributed by atoms with Crippen LogP contribution in [0.1, 0.15) is 28.1 Å². The molecule has 5 nitrogen and oxygen atoms in total. The number of fused-ring (bicyclic) bond motifs is 1. The molecule has 0 aliphatic heterocycles. The molecule has 0 bridgehead atoms. The van der Waals surface area contributed by atoms with Gasteiger partial charge in [-0.05, 0) is 38.1 Å². The Labute approximate surface area is 180 Å². The number of hydrogen-bond acceptors (Lipinski definition) is 2. The van der Waals surface area contributed by atoms with E-state index in [-0.39, 0.29) is 13.0 Å². The molecule has 0 amide bonds. The van der Waals surface area contributed by atoms with Crippen molar-refractivity contribution in [3.63, 3.8) is 0 Å². The van der Waals surface area contributed by atoms with Crippen molar-refractivity contribution in [1.29, 1.82) is 0 Å². The van der Waals surface area contributed by atoms with E-state index in [2.05, 4.69) is 10.1 Å². The number of aryl methyl sites for hydroxylation is 1. The zero-order chi connectivity index (χ0) is 23.2. The summed E-state index contributed by atoms with van der Waals surface area (Å²) >= 11 is 0. The average molecular weight is 445 g/mol. The molecule has 0 fully saturated rings. The van der Waals surface area contributed by atoms with E-state index >= 15 is 0 Å². The Morgan fingerprint density at radius 2 is 1.88 bits per heavy atom. The Hall–Kier alpha value is -3.62. The zero-order valence-electron chi connectivity index (χ0n) is 17.2. The van der Waals surface area contributed by atoms with E-state index in [0.717, 1.165) is 12.1 Å². The Bertz CT molecular complexity index is 1340. The first kappa shape index (κ1) is 21.6. The molecule has 2 aromatic heterocycles. The molecule has 32 heavy (non-hydrogen) atoms. The summed E-state index contributed by atoms with van der Waals surface area (Å²) in [6.07, 6.45) is -4.60. The third-order valence-corrected chi connectivity index (χ3v) is 5.49. The van der Waals surface area contributed by atoms with Gasteiger partial charge in [-0.25, -0.2) is 4.39 Å². The monoisotopic (exact) mass is 445 g/mol. The molecule has 0 saturated heterocycles. The lowest BCUT2D eigenvalue weighted by molar-refractivity contribution is -0.138. The third kappa shape index (κ3) is 4.10. The van der Waals surface area contributed by atoms with Crippen LogP contribution in [-0.2, 0) is 23.9 Å². The third-order valence-electron chi connectivity index (χ3n) is 5.49. The van der Waals surface area contributed by atoms with Gasteiger partial charge in [0.05, 0.1) is 24.2 Å². The quantitative estimate of drug-likeness (QED) is 0.400. The van der Waals surface area contributed by atoms with Crippen molar-refractivity contribution < 1.29 is 27.5 Å². The van der Waals surface area contributed by atoms with Crippen LogP contribution in [0.15, 0.2) is 42.5 Å². The molecule has 2 N–H and O–H groups in total. The van der Waals surface area contributed by atoms with Crippen LogP contribution in [0.5, 0.6) is 0 Å². The van der Waals surface area contributed by atoms with Gasteiger partial charge in [0.15, 0.2) is 0 Å². The molecule has 2 heterocycles. The Morgan fingerprint density at radius 1 is 1.12 bits per heavy atom. The summed E-state index contributed by atoms with van der Waals surface area (Å²) in [4.78, 5) is 14.0. The molecule has 0 spiro atoms.